The average molecular weight is 283 g/mol. The highest BCUT2D eigenvalue weighted by Crippen LogP contribution is 2.07. The summed E-state index contributed by atoms with van der Waals surface area (Å²) in [4.78, 5) is 10.2. The molecule has 0 spiro atoms. The second kappa shape index (κ2) is 12.7. The summed E-state index contributed by atoms with van der Waals surface area (Å²) in [5.74, 6) is -0.942. The first-order valence-corrected chi connectivity index (χ1v) is 7.53. The van der Waals surface area contributed by atoms with E-state index >= 15 is 0 Å². The predicted molar refractivity (Wildman–Crippen MR) is 81.8 cm³/mol. The van der Waals surface area contributed by atoms with Crippen LogP contribution < -0.4 is 5.73 Å². The molecule has 0 aromatic carbocycles. The lowest BCUT2D eigenvalue weighted by molar-refractivity contribution is 0.0697. The minimum atomic E-state index is -0.942. The number of carboxylic acids is 1. The Morgan fingerprint density at radius 3 is 2.10 bits per heavy atom. The number of aromatic carboxylic acids is 1. The monoisotopic (exact) mass is 283 g/mol. The number of aryl methyl sites for hydroxylation is 1. The first kappa shape index (κ1) is 18.6. The van der Waals surface area contributed by atoms with Crippen molar-refractivity contribution < 1.29 is 9.90 Å². The summed E-state index contributed by atoms with van der Waals surface area (Å²) < 4.78 is 1.45. The molecule has 1 aromatic heterocycles. The van der Waals surface area contributed by atoms with Crippen LogP contribution in [0.25, 0.3) is 0 Å². The van der Waals surface area contributed by atoms with Crippen LogP contribution in [-0.4, -0.2) is 27.4 Å². The van der Waals surface area contributed by atoms with Gasteiger partial charge in [0.05, 0.1) is 11.8 Å². The van der Waals surface area contributed by atoms with E-state index in [9.17, 15) is 4.79 Å². The van der Waals surface area contributed by atoms with Gasteiger partial charge in [-0.2, -0.15) is 5.10 Å². The molecule has 0 saturated heterocycles. The lowest BCUT2D eigenvalue weighted by atomic mass is 10.1. The van der Waals surface area contributed by atoms with Crippen LogP contribution in [0.5, 0.6) is 0 Å². The van der Waals surface area contributed by atoms with Crippen molar-refractivity contribution >= 4 is 5.97 Å². The Labute approximate surface area is 122 Å². The number of carbonyl (C=O) groups is 1. The fourth-order valence-electron chi connectivity index (χ4n) is 1.81. The fraction of sp³-hybridized carbons (Fsp3) is 0.733. The molecule has 3 N–H and O–H groups in total. The van der Waals surface area contributed by atoms with Crippen LogP contribution in [0, 0.1) is 0 Å². The van der Waals surface area contributed by atoms with E-state index in [1.54, 1.807) is 7.05 Å². The molecule has 1 heterocycles. The van der Waals surface area contributed by atoms with Gasteiger partial charge in [-0.15, -0.1) is 0 Å². The van der Waals surface area contributed by atoms with E-state index in [0.717, 1.165) is 6.54 Å². The largest absolute Gasteiger partial charge is 0.478 e. The number of hydrogen-bond donors (Lipinski definition) is 2. The molecule has 0 saturated carbocycles. The number of unbranched alkanes of at least 4 members (excludes halogenated alkanes) is 7. The quantitative estimate of drug-likeness (QED) is 0.682. The number of rotatable bonds is 9. The third-order valence-electron chi connectivity index (χ3n) is 3.01. The van der Waals surface area contributed by atoms with Gasteiger partial charge < -0.3 is 10.8 Å². The zero-order valence-corrected chi connectivity index (χ0v) is 12.8. The molecule has 0 amide bonds. The average Bonchev–Trinajstić information content (AvgIpc) is 2.86. The van der Waals surface area contributed by atoms with E-state index in [0.29, 0.717) is 0 Å². The van der Waals surface area contributed by atoms with Crippen LogP contribution in [0.1, 0.15) is 68.6 Å². The molecule has 0 atom stereocenters. The van der Waals surface area contributed by atoms with Gasteiger partial charge in [-0.05, 0) is 13.0 Å². The Kier molecular flexibility index (Phi) is 11.8. The summed E-state index contributed by atoms with van der Waals surface area (Å²) in [6.45, 7) is 3.13. The Morgan fingerprint density at radius 1 is 1.20 bits per heavy atom. The molecule has 0 unspecified atom stereocenters. The normalized spacial score (nSPS) is 9.95. The molecule has 0 radical (unpaired) electrons. The van der Waals surface area contributed by atoms with Gasteiger partial charge in [-0.1, -0.05) is 51.9 Å². The molecule has 1 aromatic rings. The number of nitrogens with two attached hydrogens (primary N) is 1. The third-order valence-corrected chi connectivity index (χ3v) is 3.01. The number of nitrogens with zero attached hydrogens (tertiary/aromatic N) is 2. The van der Waals surface area contributed by atoms with E-state index in [-0.39, 0.29) is 5.56 Å². The van der Waals surface area contributed by atoms with Crippen molar-refractivity contribution in [3.63, 3.8) is 0 Å². The van der Waals surface area contributed by atoms with E-state index in [1.165, 1.54) is 68.4 Å². The molecule has 0 bridgehead atoms. The predicted octanol–water partition coefficient (Wildman–Crippen LogP) is 3.20. The van der Waals surface area contributed by atoms with E-state index in [4.69, 9.17) is 10.8 Å². The van der Waals surface area contributed by atoms with Crippen molar-refractivity contribution in [2.24, 2.45) is 12.8 Å². The minimum absolute atomic E-state index is 0.220. The van der Waals surface area contributed by atoms with Crippen molar-refractivity contribution in [2.45, 2.75) is 58.3 Å². The fourth-order valence-corrected chi connectivity index (χ4v) is 1.81. The van der Waals surface area contributed by atoms with Crippen molar-refractivity contribution in [1.82, 2.24) is 9.78 Å². The summed E-state index contributed by atoms with van der Waals surface area (Å²) in [6.07, 6.45) is 13.7. The topological polar surface area (TPSA) is 81.1 Å². The standard InChI is InChI=1S/C10H23N.C5H6N2O2/c1-2-3-4-5-6-7-8-9-10-11;1-7-3-4(2-6-7)5(8)9/h2-11H2,1H3;2-3H,1H3,(H,8,9). The third kappa shape index (κ3) is 10.6. The van der Waals surface area contributed by atoms with Gasteiger partial charge in [-0.25, -0.2) is 4.79 Å². The molecular weight excluding hydrogens is 254 g/mol. The Morgan fingerprint density at radius 2 is 1.75 bits per heavy atom. The Bertz CT molecular complexity index is 343. The van der Waals surface area contributed by atoms with Gasteiger partial charge in [0.15, 0.2) is 0 Å². The number of carboxylic acid groups (broad SMARTS) is 1. The maximum Gasteiger partial charge on any atom is 0.338 e. The molecule has 5 heteroatoms. The second-order valence-electron chi connectivity index (χ2n) is 4.97. The highest BCUT2D eigenvalue weighted by Gasteiger charge is 2.02. The second-order valence-corrected chi connectivity index (χ2v) is 4.97. The van der Waals surface area contributed by atoms with Crippen LogP contribution in [0.4, 0.5) is 0 Å². The molecule has 0 aliphatic rings. The molecule has 0 aliphatic carbocycles. The molecule has 0 fully saturated rings. The highest BCUT2D eigenvalue weighted by molar-refractivity contribution is 5.86. The summed E-state index contributed by atoms with van der Waals surface area (Å²) in [5, 5.41) is 12.0. The Balaban J connectivity index is 0.000000367. The van der Waals surface area contributed by atoms with Gasteiger partial charge in [0.25, 0.3) is 0 Å². The first-order valence-electron chi connectivity index (χ1n) is 7.53. The van der Waals surface area contributed by atoms with Crippen LogP contribution in [-0.2, 0) is 7.05 Å². The van der Waals surface area contributed by atoms with Gasteiger partial charge in [-0.3, -0.25) is 4.68 Å². The molecule has 1 rings (SSSR count). The van der Waals surface area contributed by atoms with E-state index < -0.39 is 5.97 Å². The Hall–Kier alpha value is -1.36. The number of hydrogen-bond acceptors (Lipinski definition) is 3. The highest BCUT2D eigenvalue weighted by atomic mass is 16.4. The summed E-state index contributed by atoms with van der Waals surface area (Å²) in [5.41, 5.74) is 5.61. The van der Waals surface area contributed by atoms with Crippen LogP contribution in [0.2, 0.25) is 0 Å². The molecule has 116 valence electrons. The van der Waals surface area contributed by atoms with Crippen LogP contribution >= 0.6 is 0 Å². The summed E-state index contributed by atoms with van der Waals surface area (Å²) in [6, 6.07) is 0. The maximum absolute atomic E-state index is 10.2. The summed E-state index contributed by atoms with van der Waals surface area (Å²) >= 11 is 0. The van der Waals surface area contributed by atoms with Crippen LogP contribution in [0.15, 0.2) is 12.4 Å². The lowest BCUT2D eigenvalue weighted by Crippen LogP contribution is -1.97. The number of aromatic nitrogens is 2. The SMILES string of the molecule is CCCCCCCCCCN.Cn1cc(C(=O)O)cn1. The van der Waals surface area contributed by atoms with Gasteiger partial charge in [0.2, 0.25) is 0 Å². The minimum Gasteiger partial charge on any atom is -0.478 e. The van der Waals surface area contributed by atoms with Crippen molar-refractivity contribution in [3.8, 4) is 0 Å². The zero-order valence-electron chi connectivity index (χ0n) is 12.8. The molecule has 5 nitrogen and oxygen atoms in total. The zero-order chi connectivity index (χ0) is 15.2. The van der Waals surface area contributed by atoms with Gasteiger partial charge in [0.1, 0.15) is 0 Å². The van der Waals surface area contributed by atoms with Gasteiger partial charge >= 0.3 is 5.97 Å². The van der Waals surface area contributed by atoms with E-state index in [1.807, 2.05) is 0 Å². The summed E-state index contributed by atoms with van der Waals surface area (Å²) in [7, 11) is 1.67. The molecule has 0 aliphatic heterocycles. The van der Waals surface area contributed by atoms with Crippen LogP contribution in [0.3, 0.4) is 0 Å². The van der Waals surface area contributed by atoms with Crippen molar-refractivity contribution in [3.05, 3.63) is 18.0 Å². The first-order chi connectivity index (χ1) is 9.61. The lowest BCUT2D eigenvalue weighted by Gasteiger charge is -1.99. The molecular formula is C15H29N3O2. The maximum atomic E-state index is 10.2. The smallest absolute Gasteiger partial charge is 0.338 e. The van der Waals surface area contributed by atoms with Crippen molar-refractivity contribution in [1.29, 1.82) is 0 Å². The molecule has 20 heavy (non-hydrogen) atoms. The van der Waals surface area contributed by atoms with Crippen molar-refractivity contribution in [2.75, 3.05) is 6.54 Å². The van der Waals surface area contributed by atoms with E-state index in [2.05, 4.69) is 12.0 Å². The van der Waals surface area contributed by atoms with Gasteiger partial charge in [0, 0.05) is 13.2 Å².